The molecular weight excluding hydrogens is 272 g/mol. The van der Waals surface area contributed by atoms with E-state index in [0.29, 0.717) is 11.6 Å². The van der Waals surface area contributed by atoms with Crippen LogP contribution in [0.2, 0.25) is 5.02 Å². The van der Waals surface area contributed by atoms with E-state index in [-0.39, 0.29) is 5.56 Å². The second-order valence-corrected chi connectivity index (χ2v) is 5.03. The van der Waals surface area contributed by atoms with Crippen LogP contribution >= 0.6 is 11.6 Å². The number of fused-ring (bicyclic) bond motifs is 1. The van der Waals surface area contributed by atoms with E-state index in [4.69, 9.17) is 16.7 Å². The van der Waals surface area contributed by atoms with Crippen LogP contribution in [0.15, 0.2) is 48.5 Å². The van der Waals surface area contributed by atoms with Crippen molar-refractivity contribution in [2.45, 2.75) is 6.54 Å². The summed E-state index contributed by atoms with van der Waals surface area (Å²) in [4.78, 5) is 11.0. The van der Waals surface area contributed by atoms with Crippen molar-refractivity contribution >= 4 is 35.4 Å². The molecule has 98 valence electrons. The summed E-state index contributed by atoms with van der Waals surface area (Å²) in [5.74, 6) is 3.04. The number of halogens is 1. The maximum atomic E-state index is 11.0. The molecule has 0 unspecified atom stereocenters. The van der Waals surface area contributed by atoms with Gasteiger partial charge >= 0.3 is 121 Å². The average Bonchev–Trinajstić information content (AvgIpc) is 2.76. The maximum absolute atomic E-state index is 11.0. The molecule has 0 aliphatic carbocycles. The second-order valence-electron chi connectivity index (χ2n) is 4.63. The van der Waals surface area contributed by atoms with Crippen molar-refractivity contribution in [2.75, 3.05) is 0 Å². The summed E-state index contributed by atoms with van der Waals surface area (Å²) in [5.41, 5.74) is 2.35. The Morgan fingerprint density at radius 1 is 1.25 bits per heavy atom. The van der Waals surface area contributed by atoms with Crippen molar-refractivity contribution in [3.8, 4) is 0 Å². The third-order valence-corrected chi connectivity index (χ3v) is 3.58. The molecule has 20 heavy (non-hydrogen) atoms. The molecule has 5 heteroatoms. The van der Waals surface area contributed by atoms with Crippen LogP contribution in [0.4, 0.5) is 0 Å². The number of hydrogen-bond donors (Lipinski definition) is 1. The van der Waals surface area contributed by atoms with E-state index in [0.717, 1.165) is 10.9 Å². The molecule has 3 nitrogen and oxygen atoms in total. The summed E-state index contributed by atoms with van der Waals surface area (Å²) >= 11 is 6.21. The topological polar surface area (TPSA) is 42.2 Å². The molecule has 0 saturated heterocycles. The first kappa shape index (κ1) is 12.9. The predicted octanol–water partition coefficient (Wildman–Crippen LogP) is 3.38. The van der Waals surface area contributed by atoms with Gasteiger partial charge in [0.15, 0.2) is 0 Å². The van der Waals surface area contributed by atoms with Crippen molar-refractivity contribution in [3.05, 3.63) is 64.6 Å². The third kappa shape index (κ3) is 2.34. The number of aromatic nitrogens is 1. The summed E-state index contributed by atoms with van der Waals surface area (Å²) in [5, 5.41) is 10.4. The Balaban J connectivity index is 2.07. The number of rotatable bonds is 3. The summed E-state index contributed by atoms with van der Waals surface area (Å²) in [6, 6.07) is 9.11. The standard InChI is InChI=1S/C15H11BClNO2/c17-13-9-18(8-10-3-5-16-6-4-10)14-2-1-11(15(19)20)7-12(13)14/h1-7,9H,8H2,(H,19,20). The Kier molecular flexibility index (Phi) is 3.32. The van der Waals surface area contributed by atoms with Gasteiger partial charge in [-0.05, 0) is 0 Å². The van der Waals surface area contributed by atoms with E-state index < -0.39 is 5.97 Å². The molecule has 0 radical (unpaired) electrons. The van der Waals surface area contributed by atoms with Gasteiger partial charge in [-0.15, -0.1) is 0 Å². The second kappa shape index (κ2) is 5.14. The summed E-state index contributed by atoms with van der Waals surface area (Å²) in [6.07, 6.45) is 1.84. The van der Waals surface area contributed by atoms with Gasteiger partial charge in [0.05, 0.1) is 0 Å². The van der Waals surface area contributed by atoms with Crippen LogP contribution in [0.1, 0.15) is 15.9 Å². The zero-order valence-corrected chi connectivity index (χ0v) is 11.3. The predicted molar refractivity (Wildman–Crippen MR) is 80.8 cm³/mol. The van der Waals surface area contributed by atoms with E-state index >= 15 is 0 Å². The number of nitrogens with zero attached hydrogens (tertiary/aromatic N) is 1. The molecule has 0 aliphatic rings. The Bertz CT molecular complexity index is 783. The summed E-state index contributed by atoms with van der Waals surface area (Å²) in [7, 11) is 0. The van der Waals surface area contributed by atoms with Gasteiger partial charge in [0, 0.05) is 0 Å². The number of carboxylic acid groups (broad SMARTS) is 1. The number of carboxylic acids is 1. The molecule has 0 aliphatic heterocycles. The quantitative estimate of drug-likeness (QED) is 0.800. The van der Waals surface area contributed by atoms with E-state index in [9.17, 15) is 4.79 Å². The van der Waals surface area contributed by atoms with Crippen LogP contribution in [0.5, 0.6) is 0 Å². The molecule has 0 atom stereocenters. The average molecular weight is 284 g/mol. The van der Waals surface area contributed by atoms with Gasteiger partial charge in [0.2, 0.25) is 0 Å². The Labute approximate surface area is 121 Å². The van der Waals surface area contributed by atoms with E-state index in [1.807, 2.05) is 41.7 Å². The SMILES string of the molecule is O=C(O)c1ccc2c(c1)c(Cl)cn2Cc1ccbcc1. The van der Waals surface area contributed by atoms with Gasteiger partial charge in [0.25, 0.3) is 0 Å². The van der Waals surface area contributed by atoms with E-state index in [1.165, 1.54) is 5.56 Å². The van der Waals surface area contributed by atoms with Crippen molar-refractivity contribution in [1.82, 2.24) is 4.57 Å². The molecule has 3 aromatic rings. The molecule has 0 fully saturated rings. The fourth-order valence-electron chi connectivity index (χ4n) is 2.30. The number of benzene rings is 1. The van der Waals surface area contributed by atoms with Gasteiger partial charge in [0.1, 0.15) is 0 Å². The number of aromatic carboxylic acids is 1. The molecule has 0 spiro atoms. The summed E-state index contributed by atoms with van der Waals surface area (Å²) in [6.45, 7) is 2.68. The number of hydrogen-bond acceptors (Lipinski definition) is 1. The fraction of sp³-hybridized carbons (Fsp3) is 0.0667. The fourth-order valence-corrected chi connectivity index (χ4v) is 2.57. The van der Waals surface area contributed by atoms with Crippen LogP contribution < -0.4 is 0 Å². The summed E-state index contributed by atoms with van der Waals surface area (Å²) < 4.78 is 2.03. The van der Waals surface area contributed by atoms with Crippen LogP contribution in [-0.4, -0.2) is 22.6 Å². The van der Waals surface area contributed by atoms with Crippen LogP contribution in [0, 0.1) is 0 Å². The van der Waals surface area contributed by atoms with Gasteiger partial charge in [-0.2, -0.15) is 0 Å². The van der Waals surface area contributed by atoms with Crippen molar-refractivity contribution in [3.63, 3.8) is 0 Å². The van der Waals surface area contributed by atoms with E-state index in [2.05, 4.69) is 0 Å². The first-order chi connectivity index (χ1) is 9.65. The first-order valence-electron chi connectivity index (χ1n) is 6.21. The van der Waals surface area contributed by atoms with Crippen LogP contribution in [0.25, 0.3) is 10.9 Å². The Morgan fingerprint density at radius 2 is 2.00 bits per heavy atom. The molecule has 2 heterocycles. The van der Waals surface area contributed by atoms with Gasteiger partial charge in [-0.25, -0.2) is 0 Å². The normalized spacial score (nSPS) is 10.7. The first-order valence-corrected chi connectivity index (χ1v) is 6.58. The molecule has 0 saturated carbocycles. The van der Waals surface area contributed by atoms with Crippen molar-refractivity contribution < 1.29 is 9.90 Å². The monoisotopic (exact) mass is 283 g/mol. The molecule has 0 bridgehead atoms. The third-order valence-electron chi connectivity index (χ3n) is 3.28. The van der Waals surface area contributed by atoms with Crippen molar-refractivity contribution in [2.24, 2.45) is 0 Å². The minimum atomic E-state index is -0.946. The molecular formula is C15H11BClNO2. The zero-order valence-electron chi connectivity index (χ0n) is 10.6. The van der Waals surface area contributed by atoms with Gasteiger partial charge in [-0.3, -0.25) is 0 Å². The molecule has 1 aromatic carbocycles. The molecule has 3 rings (SSSR count). The molecule has 2 aromatic heterocycles. The van der Waals surface area contributed by atoms with Crippen LogP contribution in [0.3, 0.4) is 0 Å². The van der Waals surface area contributed by atoms with Crippen LogP contribution in [-0.2, 0) is 6.54 Å². The zero-order chi connectivity index (χ0) is 14.1. The minimum absolute atomic E-state index is 0.247. The van der Waals surface area contributed by atoms with Gasteiger partial charge < -0.3 is 0 Å². The molecule has 1 N–H and O–H groups in total. The number of carbonyl (C=O) groups is 1. The molecule has 0 amide bonds. The van der Waals surface area contributed by atoms with Crippen molar-refractivity contribution in [1.29, 1.82) is 0 Å². The Morgan fingerprint density at radius 3 is 2.70 bits per heavy atom. The van der Waals surface area contributed by atoms with Gasteiger partial charge in [-0.1, -0.05) is 0 Å². The van der Waals surface area contributed by atoms with E-state index in [1.54, 1.807) is 18.2 Å². The Hall–Kier alpha value is -2.07.